The van der Waals surface area contributed by atoms with Gasteiger partial charge in [-0.05, 0) is 47.6 Å². The van der Waals surface area contributed by atoms with Crippen molar-refractivity contribution in [3.8, 4) is 0 Å². The number of benzene rings is 1. The predicted octanol–water partition coefficient (Wildman–Crippen LogP) is 2.35. The van der Waals surface area contributed by atoms with Crippen LogP contribution in [0.5, 0.6) is 0 Å². The summed E-state index contributed by atoms with van der Waals surface area (Å²) in [4.78, 5) is -0.0775. The molecule has 1 aromatic rings. The van der Waals surface area contributed by atoms with Crippen molar-refractivity contribution in [1.82, 2.24) is 0 Å². The number of hydrogen-bond donors (Lipinski definition) is 1. The van der Waals surface area contributed by atoms with Crippen LogP contribution in [0.25, 0.3) is 0 Å². The molecule has 17 heavy (non-hydrogen) atoms. The van der Waals surface area contributed by atoms with Gasteiger partial charge in [-0.15, -0.1) is 4.40 Å². The Balaban J connectivity index is 2.21. The number of sulfonamides is 1. The molecule has 1 heterocycles. The standard InChI is InChI=1S/C10H8FIN2O2S/c11-6-3-7(12)9-8(4-6)17(15,16)14-10(13-9)5-1-2-5/h3-5H,1-2H2,(H,13,14). The molecule has 0 bridgehead atoms. The van der Waals surface area contributed by atoms with E-state index in [1.165, 1.54) is 6.07 Å². The number of nitrogens with one attached hydrogen (secondary N) is 1. The molecule has 2 aliphatic rings. The number of nitrogens with zero attached hydrogens (tertiary/aromatic N) is 1. The summed E-state index contributed by atoms with van der Waals surface area (Å²) in [6.45, 7) is 0. The average Bonchev–Trinajstić information content (AvgIpc) is 3.02. The predicted molar refractivity (Wildman–Crippen MR) is 70.1 cm³/mol. The van der Waals surface area contributed by atoms with Gasteiger partial charge in [-0.25, -0.2) is 4.39 Å². The zero-order valence-corrected chi connectivity index (χ0v) is 11.5. The molecular weight excluding hydrogens is 358 g/mol. The monoisotopic (exact) mass is 366 g/mol. The number of rotatable bonds is 1. The minimum absolute atomic E-state index is 0.0775. The first-order valence-electron chi connectivity index (χ1n) is 5.08. The third kappa shape index (κ3) is 1.95. The first-order chi connectivity index (χ1) is 7.97. The molecule has 0 saturated heterocycles. The van der Waals surface area contributed by atoms with Gasteiger partial charge >= 0.3 is 0 Å². The summed E-state index contributed by atoms with van der Waals surface area (Å²) < 4.78 is 41.3. The second-order valence-corrected chi connectivity index (χ2v) is 6.85. The van der Waals surface area contributed by atoms with E-state index >= 15 is 0 Å². The summed E-state index contributed by atoms with van der Waals surface area (Å²) in [5.41, 5.74) is 0.448. The van der Waals surface area contributed by atoms with Crippen LogP contribution in [0.15, 0.2) is 21.4 Å². The molecule has 1 aliphatic heterocycles. The molecule has 1 N–H and O–H groups in total. The molecular formula is C10H8FIN2O2S. The van der Waals surface area contributed by atoms with Crippen molar-refractivity contribution in [2.24, 2.45) is 10.3 Å². The molecule has 0 radical (unpaired) electrons. The molecule has 1 aromatic carbocycles. The highest BCUT2D eigenvalue weighted by Crippen LogP contribution is 2.38. The zero-order valence-electron chi connectivity index (χ0n) is 8.57. The van der Waals surface area contributed by atoms with Gasteiger partial charge in [0.1, 0.15) is 16.5 Å². The van der Waals surface area contributed by atoms with Crippen LogP contribution in [0.1, 0.15) is 12.8 Å². The van der Waals surface area contributed by atoms with Gasteiger partial charge in [0.15, 0.2) is 0 Å². The maximum Gasteiger partial charge on any atom is 0.286 e. The van der Waals surface area contributed by atoms with E-state index in [0.29, 0.717) is 15.1 Å². The second kappa shape index (κ2) is 3.64. The first kappa shape index (κ1) is 11.4. The molecule has 0 amide bonds. The molecule has 0 atom stereocenters. The summed E-state index contributed by atoms with van der Waals surface area (Å²) in [7, 11) is -3.76. The number of amidine groups is 1. The maximum atomic E-state index is 13.2. The molecule has 3 rings (SSSR count). The van der Waals surface area contributed by atoms with Gasteiger partial charge in [-0.3, -0.25) is 0 Å². The van der Waals surface area contributed by atoms with Gasteiger partial charge in [0, 0.05) is 9.49 Å². The minimum Gasteiger partial charge on any atom is -0.341 e. The SMILES string of the molecule is O=S1(=O)N=C(C2CC2)Nc2c(I)cc(F)cc21. The topological polar surface area (TPSA) is 58.5 Å². The van der Waals surface area contributed by atoms with Crippen LogP contribution in [-0.4, -0.2) is 14.3 Å². The molecule has 1 saturated carbocycles. The fourth-order valence-corrected chi connectivity index (χ4v) is 3.88. The van der Waals surface area contributed by atoms with Crippen molar-refractivity contribution in [3.05, 3.63) is 21.5 Å². The summed E-state index contributed by atoms with van der Waals surface area (Å²) in [5.74, 6) is 0.129. The molecule has 90 valence electrons. The van der Waals surface area contributed by atoms with Crippen LogP contribution < -0.4 is 5.32 Å². The fourth-order valence-electron chi connectivity index (χ4n) is 1.74. The number of hydrogen-bond acceptors (Lipinski definition) is 3. The Morgan fingerprint density at radius 3 is 2.76 bits per heavy atom. The van der Waals surface area contributed by atoms with E-state index in [9.17, 15) is 12.8 Å². The molecule has 7 heteroatoms. The molecule has 1 aliphatic carbocycles. The van der Waals surface area contributed by atoms with Crippen molar-refractivity contribution < 1.29 is 12.8 Å². The van der Waals surface area contributed by atoms with Crippen molar-refractivity contribution >= 4 is 44.1 Å². The maximum absolute atomic E-state index is 13.2. The smallest absolute Gasteiger partial charge is 0.286 e. The number of anilines is 1. The lowest BCUT2D eigenvalue weighted by molar-refractivity contribution is 0.591. The Morgan fingerprint density at radius 2 is 2.12 bits per heavy atom. The zero-order chi connectivity index (χ0) is 12.2. The van der Waals surface area contributed by atoms with E-state index in [2.05, 4.69) is 9.71 Å². The van der Waals surface area contributed by atoms with E-state index in [0.717, 1.165) is 18.9 Å². The van der Waals surface area contributed by atoms with Gasteiger partial charge in [-0.2, -0.15) is 8.42 Å². The van der Waals surface area contributed by atoms with Gasteiger partial charge < -0.3 is 5.32 Å². The lowest BCUT2D eigenvalue weighted by atomic mass is 10.3. The van der Waals surface area contributed by atoms with Crippen LogP contribution >= 0.6 is 22.6 Å². The van der Waals surface area contributed by atoms with Crippen molar-refractivity contribution in [3.63, 3.8) is 0 Å². The molecule has 1 fully saturated rings. The largest absolute Gasteiger partial charge is 0.341 e. The van der Waals surface area contributed by atoms with Gasteiger partial charge in [0.2, 0.25) is 0 Å². The van der Waals surface area contributed by atoms with Gasteiger partial charge in [0.25, 0.3) is 10.0 Å². The van der Waals surface area contributed by atoms with Crippen LogP contribution in [0, 0.1) is 15.3 Å². The highest BCUT2D eigenvalue weighted by molar-refractivity contribution is 14.1. The Kier molecular flexibility index (Phi) is 2.44. The van der Waals surface area contributed by atoms with E-state index in [1.54, 1.807) is 0 Å². The van der Waals surface area contributed by atoms with Crippen molar-refractivity contribution in [1.29, 1.82) is 0 Å². The van der Waals surface area contributed by atoms with Crippen LogP contribution in [-0.2, 0) is 10.0 Å². The lowest BCUT2D eigenvalue weighted by Gasteiger charge is -2.19. The van der Waals surface area contributed by atoms with Crippen molar-refractivity contribution in [2.75, 3.05) is 5.32 Å². The Bertz CT molecular complexity index is 638. The Labute approximate surface area is 112 Å². The van der Waals surface area contributed by atoms with E-state index in [1.807, 2.05) is 22.6 Å². The molecule has 0 unspecified atom stereocenters. The molecule has 4 nitrogen and oxygen atoms in total. The molecule has 0 aromatic heterocycles. The fraction of sp³-hybridized carbons (Fsp3) is 0.300. The molecule has 0 spiro atoms. The highest BCUT2D eigenvalue weighted by atomic mass is 127. The Hall–Kier alpha value is -0.700. The highest BCUT2D eigenvalue weighted by Gasteiger charge is 2.35. The van der Waals surface area contributed by atoms with E-state index in [-0.39, 0.29) is 10.8 Å². The van der Waals surface area contributed by atoms with Crippen LogP contribution in [0.3, 0.4) is 0 Å². The number of fused-ring (bicyclic) bond motifs is 1. The minimum atomic E-state index is -3.76. The van der Waals surface area contributed by atoms with Crippen LogP contribution in [0.2, 0.25) is 0 Å². The summed E-state index contributed by atoms with van der Waals surface area (Å²) >= 11 is 1.92. The van der Waals surface area contributed by atoms with Crippen molar-refractivity contribution in [2.45, 2.75) is 17.7 Å². The number of halogens is 2. The lowest BCUT2D eigenvalue weighted by Crippen LogP contribution is -2.24. The van der Waals surface area contributed by atoms with Gasteiger partial charge in [-0.1, -0.05) is 0 Å². The average molecular weight is 366 g/mol. The van der Waals surface area contributed by atoms with E-state index < -0.39 is 15.8 Å². The third-order valence-electron chi connectivity index (χ3n) is 2.73. The summed E-state index contributed by atoms with van der Waals surface area (Å²) in [6.07, 6.45) is 1.91. The second-order valence-electron chi connectivity index (χ2n) is 4.11. The first-order valence-corrected chi connectivity index (χ1v) is 7.60. The Morgan fingerprint density at radius 1 is 1.41 bits per heavy atom. The third-order valence-corrected chi connectivity index (χ3v) is 4.90. The normalized spacial score (nSPS) is 21.4. The summed E-state index contributed by atoms with van der Waals surface area (Å²) in [6, 6.07) is 2.31. The van der Waals surface area contributed by atoms with Crippen LogP contribution in [0.4, 0.5) is 10.1 Å². The summed E-state index contributed by atoms with van der Waals surface area (Å²) in [5, 5.41) is 3.01. The van der Waals surface area contributed by atoms with E-state index in [4.69, 9.17) is 0 Å². The quantitative estimate of drug-likeness (QED) is 0.777. The van der Waals surface area contributed by atoms with Gasteiger partial charge in [0.05, 0.1) is 5.69 Å².